The van der Waals surface area contributed by atoms with Crippen molar-refractivity contribution in [2.45, 2.75) is 32.9 Å². The number of carboxylic acid groups (broad SMARTS) is 1. The maximum absolute atomic E-state index is 13.9. The Bertz CT molecular complexity index is 1670. The normalized spacial score (nSPS) is 15.0. The molecule has 0 radical (unpaired) electrons. The van der Waals surface area contributed by atoms with E-state index in [0.717, 1.165) is 0 Å². The van der Waals surface area contributed by atoms with Gasteiger partial charge in [0.1, 0.15) is 5.75 Å². The molecule has 1 aliphatic rings. The van der Waals surface area contributed by atoms with Gasteiger partial charge in [-0.1, -0.05) is 23.5 Å². The largest absolute Gasteiger partial charge is 0.497 e. The van der Waals surface area contributed by atoms with Crippen molar-refractivity contribution < 1.29 is 33.6 Å². The number of methoxy groups -OCH3 is 2. The first-order valence-corrected chi connectivity index (χ1v) is 14.0. The SMILES string of the molecule is COc1ccc([C@H]2C(C(=O)OC(C)C)=C(C)N=c3s/c(=C\c4cc(I)c(OCC(=O)O)c(OC)c4)c(=O)n32)cc1. The summed E-state index contributed by atoms with van der Waals surface area (Å²) in [6, 6.07) is 9.83. The molecular weight excluding hydrogens is 651 g/mol. The summed E-state index contributed by atoms with van der Waals surface area (Å²) in [7, 11) is 3.01. The van der Waals surface area contributed by atoms with Crippen LogP contribution in [0.25, 0.3) is 6.08 Å². The summed E-state index contributed by atoms with van der Waals surface area (Å²) < 4.78 is 24.1. The number of carbonyl (C=O) groups excluding carboxylic acids is 1. The number of aromatic nitrogens is 1. The zero-order valence-corrected chi connectivity index (χ0v) is 25.4. The lowest BCUT2D eigenvalue weighted by molar-refractivity contribution is -0.143. The van der Waals surface area contributed by atoms with E-state index in [1.54, 1.807) is 58.2 Å². The summed E-state index contributed by atoms with van der Waals surface area (Å²) in [5, 5.41) is 8.98. The third-order valence-electron chi connectivity index (χ3n) is 5.91. The summed E-state index contributed by atoms with van der Waals surface area (Å²) >= 11 is 3.22. The number of esters is 1. The van der Waals surface area contributed by atoms with Gasteiger partial charge in [-0.15, -0.1) is 0 Å². The van der Waals surface area contributed by atoms with Crippen LogP contribution in [0, 0.1) is 3.57 Å². The molecule has 0 saturated heterocycles. The Morgan fingerprint density at radius 2 is 1.88 bits per heavy atom. The average molecular weight is 679 g/mol. The molecule has 40 heavy (non-hydrogen) atoms. The summed E-state index contributed by atoms with van der Waals surface area (Å²) in [6.45, 7) is 4.74. The lowest BCUT2D eigenvalue weighted by Gasteiger charge is -2.25. The van der Waals surface area contributed by atoms with Gasteiger partial charge in [0.25, 0.3) is 5.56 Å². The molecule has 3 aromatic rings. The number of halogens is 1. The van der Waals surface area contributed by atoms with E-state index in [0.29, 0.717) is 47.0 Å². The van der Waals surface area contributed by atoms with E-state index in [-0.39, 0.29) is 17.2 Å². The van der Waals surface area contributed by atoms with Crippen LogP contribution in [-0.2, 0) is 14.3 Å². The Hall–Kier alpha value is -3.65. The minimum atomic E-state index is -1.11. The molecule has 10 nitrogen and oxygen atoms in total. The molecule has 12 heteroatoms. The molecule has 1 aromatic heterocycles. The Morgan fingerprint density at radius 1 is 1.18 bits per heavy atom. The molecule has 1 aliphatic heterocycles. The molecule has 0 aliphatic carbocycles. The highest BCUT2D eigenvalue weighted by Crippen LogP contribution is 2.35. The highest BCUT2D eigenvalue weighted by atomic mass is 127. The fourth-order valence-corrected chi connectivity index (χ4v) is 6.04. The van der Waals surface area contributed by atoms with Crippen LogP contribution in [0.3, 0.4) is 0 Å². The van der Waals surface area contributed by atoms with Crippen molar-refractivity contribution in [2.24, 2.45) is 4.99 Å². The van der Waals surface area contributed by atoms with Crippen LogP contribution in [0.15, 0.2) is 57.5 Å². The zero-order valence-electron chi connectivity index (χ0n) is 22.4. The fourth-order valence-electron chi connectivity index (χ4n) is 4.21. The lowest BCUT2D eigenvalue weighted by atomic mass is 9.96. The van der Waals surface area contributed by atoms with Gasteiger partial charge >= 0.3 is 11.9 Å². The van der Waals surface area contributed by atoms with Crippen molar-refractivity contribution in [1.82, 2.24) is 4.57 Å². The summed E-state index contributed by atoms with van der Waals surface area (Å²) in [5.41, 5.74) is 1.77. The second kappa shape index (κ2) is 12.3. The molecule has 0 unspecified atom stereocenters. The van der Waals surface area contributed by atoms with E-state index >= 15 is 0 Å². The van der Waals surface area contributed by atoms with Gasteiger partial charge < -0.3 is 24.1 Å². The number of benzene rings is 2. The van der Waals surface area contributed by atoms with Gasteiger partial charge in [0.2, 0.25) is 0 Å². The standard InChI is InChI=1S/C28H27IN2O8S/c1-14(2)39-27(35)23-15(3)30-28-31(24(23)17-6-8-18(36-4)9-7-17)26(34)21(40-28)12-16-10-19(29)25(20(11-16)37-5)38-13-22(32)33/h6-12,14,24H,13H2,1-5H3,(H,32,33)/b21-12-/t24-/m0/s1. The fraction of sp³-hybridized carbons (Fsp3) is 0.286. The molecule has 0 fully saturated rings. The van der Waals surface area contributed by atoms with Crippen molar-refractivity contribution in [2.75, 3.05) is 20.8 Å². The number of fused-ring (bicyclic) bond motifs is 1. The highest BCUT2D eigenvalue weighted by Gasteiger charge is 2.33. The van der Waals surface area contributed by atoms with E-state index < -0.39 is 24.6 Å². The van der Waals surface area contributed by atoms with Gasteiger partial charge in [0.05, 0.1) is 45.7 Å². The number of aliphatic carboxylic acids is 1. The number of carboxylic acids is 1. The van der Waals surface area contributed by atoms with Crippen LogP contribution in [0.5, 0.6) is 17.2 Å². The molecule has 0 saturated carbocycles. The molecule has 2 aromatic carbocycles. The maximum Gasteiger partial charge on any atom is 0.341 e. The number of nitrogens with zero attached hydrogens (tertiary/aromatic N) is 2. The van der Waals surface area contributed by atoms with Crippen molar-refractivity contribution >= 4 is 51.9 Å². The average Bonchev–Trinajstić information content (AvgIpc) is 3.20. The number of ether oxygens (including phenoxy) is 4. The van der Waals surface area contributed by atoms with E-state index in [2.05, 4.69) is 4.99 Å². The quantitative estimate of drug-likeness (QED) is 0.270. The lowest BCUT2D eigenvalue weighted by Crippen LogP contribution is -2.40. The minimum absolute atomic E-state index is 0.286. The summed E-state index contributed by atoms with van der Waals surface area (Å²) in [4.78, 5) is 43.1. The van der Waals surface area contributed by atoms with Crippen molar-refractivity contribution in [3.05, 3.63) is 82.1 Å². The predicted octanol–water partition coefficient (Wildman–Crippen LogP) is 3.27. The molecule has 1 atom stereocenters. The van der Waals surface area contributed by atoms with Gasteiger partial charge in [0.15, 0.2) is 22.9 Å². The molecule has 4 rings (SSSR count). The molecule has 1 N–H and O–H groups in total. The van der Waals surface area contributed by atoms with Gasteiger partial charge in [-0.25, -0.2) is 14.6 Å². The molecule has 2 heterocycles. The maximum atomic E-state index is 13.9. The summed E-state index contributed by atoms with van der Waals surface area (Å²) in [6.07, 6.45) is 1.35. The molecule has 0 amide bonds. The van der Waals surface area contributed by atoms with E-state index in [4.69, 9.17) is 24.1 Å². The number of hydrogen-bond donors (Lipinski definition) is 1. The van der Waals surface area contributed by atoms with E-state index in [1.807, 2.05) is 34.7 Å². The van der Waals surface area contributed by atoms with Crippen molar-refractivity contribution in [3.63, 3.8) is 0 Å². The predicted molar refractivity (Wildman–Crippen MR) is 157 cm³/mol. The number of carbonyl (C=O) groups is 2. The molecule has 0 spiro atoms. The smallest absolute Gasteiger partial charge is 0.341 e. The Balaban J connectivity index is 1.88. The number of allylic oxidation sites excluding steroid dienone is 1. The number of rotatable bonds is 9. The second-order valence-corrected chi connectivity index (χ2v) is 11.2. The first-order chi connectivity index (χ1) is 19.0. The molecular formula is C28H27IN2O8S. The summed E-state index contributed by atoms with van der Waals surface area (Å²) in [5.74, 6) is -0.378. The molecule has 0 bridgehead atoms. The third-order valence-corrected chi connectivity index (χ3v) is 7.69. The van der Waals surface area contributed by atoms with Crippen LogP contribution in [0.4, 0.5) is 0 Å². The van der Waals surface area contributed by atoms with Crippen LogP contribution in [-0.4, -0.2) is 48.5 Å². The van der Waals surface area contributed by atoms with Gasteiger partial charge in [0, 0.05) is 0 Å². The first kappa shape index (κ1) is 29.3. The monoisotopic (exact) mass is 678 g/mol. The van der Waals surface area contributed by atoms with Crippen LogP contribution in [0.1, 0.15) is 37.9 Å². The van der Waals surface area contributed by atoms with Crippen LogP contribution >= 0.6 is 33.9 Å². The van der Waals surface area contributed by atoms with Gasteiger partial charge in [-0.2, -0.15) is 0 Å². The number of thiazole rings is 1. The molecule has 210 valence electrons. The Labute approximate surface area is 247 Å². The van der Waals surface area contributed by atoms with E-state index in [9.17, 15) is 14.4 Å². The van der Waals surface area contributed by atoms with Crippen LogP contribution in [0.2, 0.25) is 0 Å². The second-order valence-electron chi connectivity index (χ2n) is 9.03. The van der Waals surface area contributed by atoms with Gasteiger partial charge in [-0.05, 0) is 84.8 Å². The first-order valence-electron chi connectivity index (χ1n) is 12.1. The third kappa shape index (κ3) is 6.07. The Morgan fingerprint density at radius 3 is 2.48 bits per heavy atom. The zero-order chi connectivity index (χ0) is 29.1. The van der Waals surface area contributed by atoms with Gasteiger partial charge in [-0.3, -0.25) is 9.36 Å². The van der Waals surface area contributed by atoms with Crippen LogP contribution < -0.4 is 29.1 Å². The minimum Gasteiger partial charge on any atom is -0.497 e. The van der Waals surface area contributed by atoms with Crippen molar-refractivity contribution in [3.8, 4) is 17.2 Å². The Kier molecular flexibility index (Phi) is 8.98. The number of hydrogen-bond acceptors (Lipinski definition) is 9. The highest BCUT2D eigenvalue weighted by molar-refractivity contribution is 14.1. The van der Waals surface area contributed by atoms with E-state index in [1.165, 1.54) is 23.0 Å². The van der Waals surface area contributed by atoms with Crippen molar-refractivity contribution in [1.29, 1.82) is 0 Å². The topological polar surface area (TPSA) is 126 Å².